The minimum atomic E-state index is -0.329. The van der Waals surface area contributed by atoms with Crippen LogP contribution in [-0.4, -0.2) is 38.6 Å². The monoisotopic (exact) mass is 330 g/mol. The number of furan rings is 1. The van der Waals surface area contributed by atoms with Crippen molar-refractivity contribution in [1.29, 1.82) is 0 Å². The van der Waals surface area contributed by atoms with Crippen LogP contribution in [-0.2, 0) is 20.7 Å². The number of ether oxygens (including phenoxy) is 1. The van der Waals surface area contributed by atoms with E-state index in [-0.39, 0.29) is 18.4 Å². The van der Waals surface area contributed by atoms with Gasteiger partial charge in [-0.3, -0.25) is 9.59 Å². The topological polar surface area (TPSA) is 80.6 Å². The van der Waals surface area contributed by atoms with Crippen molar-refractivity contribution in [1.82, 2.24) is 10.6 Å². The van der Waals surface area contributed by atoms with Crippen molar-refractivity contribution in [2.75, 3.05) is 26.8 Å². The summed E-state index contributed by atoms with van der Waals surface area (Å²) in [6.45, 7) is 2.79. The molecular formula is C18H22N2O4. The number of nitrogens with one attached hydrogen (secondary N) is 2. The molecule has 2 amide bonds. The van der Waals surface area contributed by atoms with E-state index in [2.05, 4.69) is 10.6 Å². The van der Waals surface area contributed by atoms with Crippen LogP contribution >= 0.6 is 0 Å². The average Bonchev–Trinajstić information content (AvgIpc) is 2.96. The van der Waals surface area contributed by atoms with Gasteiger partial charge in [0.05, 0.1) is 13.2 Å². The van der Waals surface area contributed by atoms with Gasteiger partial charge in [0.25, 0.3) is 0 Å². The van der Waals surface area contributed by atoms with E-state index >= 15 is 0 Å². The molecular weight excluding hydrogens is 308 g/mol. The Labute approximate surface area is 140 Å². The molecule has 128 valence electrons. The molecule has 0 unspecified atom stereocenters. The van der Waals surface area contributed by atoms with Gasteiger partial charge in [-0.05, 0) is 12.1 Å². The van der Waals surface area contributed by atoms with E-state index in [0.717, 1.165) is 28.7 Å². The molecule has 0 aliphatic carbocycles. The Bertz CT molecular complexity index is 734. The van der Waals surface area contributed by atoms with Crippen LogP contribution in [0.2, 0.25) is 0 Å². The molecule has 2 aromatic rings. The molecule has 24 heavy (non-hydrogen) atoms. The van der Waals surface area contributed by atoms with E-state index in [9.17, 15) is 9.59 Å². The molecule has 1 aromatic carbocycles. The third-order valence-corrected chi connectivity index (χ3v) is 3.48. The van der Waals surface area contributed by atoms with E-state index in [4.69, 9.17) is 9.15 Å². The fraction of sp³-hybridized carbons (Fsp3) is 0.333. The standard InChI is InChI=1S/C18H22N2O4/c1-3-15-14(13-6-4-5-7-16(13)24-15)8-9-17(21)20-12-18(22)19-10-11-23-2/h4-9H,3,10-12H2,1-2H3,(H,19,22)(H,20,21)/b9-8+. The lowest BCUT2D eigenvalue weighted by molar-refractivity contribution is -0.124. The molecule has 0 saturated carbocycles. The Balaban J connectivity index is 1.95. The van der Waals surface area contributed by atoms with Crippen molar-refractivity contribution in [2.45, 2.75) is 13.3 Å². The number of aryl methyl sites for hydroxylation is 1. The third-order valence-electron chi connectivity index (χ3n) is 3.48. The van der Waals surface area contributed by atoms with Gasteiger partial charge in [-0.15, -0.1) is 0 Å². The first-order valence-corrected chi connectivity index (χ1v) is 7.87. The molecule has 0 saturated heterocycles. The lowest BCUT2D eigenvalue weighted by atomic mass is 10.1. The lowest BCUT2D eigenvalue weighted by Gasteiger charge is -2.04. The third kappa shape index (κ3) is 4.70. The van der Waals surface area contributed by atoms with Crippen molar-refractivity contribution in [2.24, 2.45) is 0 Å². The summed E-state index contributed by atoms with van der Waals surface area (Å²) in [6, 6.07) is 7.70. The van der Waals surface area contributed by atoms with Gasteiger partial charge in [0.1, 0.15) is 11.3 Å². The molecule has 0 spiro atoms. The number of methoxy groups -OCH3 is 1. The number of hydrogen-bond acceptors (Lipinski definition) is 4. The molecule has 0 aliphatic heterocycles. The summed E-state index contributed by atoms with van der Waals surface area (Å²) >= 11 is 0. The van der Waals surface area contributed by atoms with Crippen LogP contribution in [0.15, 0.2) is 34.8 Å². The number of carbonyl (C=O) groups is 2. The number of fused-ring (bicyclic) bond motifs is 1. The van der Waals surface area contributed by atoms with Gasteiger partial charge in [0.15, 0.2) is 0 Å². The van der Waals surface area contributed by atoms with E-state index < -0.39 is 0 Å². The molecule has 6 nitrogen and oxygen atoms in total. The van der Waals surface area contributed by atoms with Gasteiger partial charge in [-0.25, -0.2) is 0 Å². The number of amides is 2. The summed E-state index contributed by atoms with van der Waals surface area (Å²) in [5.74, 6) is 0.249. The maximum absolute atomic E-state index is 11.9. The predicted molar refractivity (Wildman–Crippen MR) is 92.5 cm³/mol. The van der Waals surface area contributed by atoms with Crippen LogP contribution in [0.25, 0.3) is 17.0 Å². The Morgan fingerprint density at radius 2 is 2.04 bits per heavy atom. The smallest absolute Gasteiger partial charge is 0.244 e. The average molecular weight is 330 g/mol. The van der Waals surface area contributed by atoms with Crippen LogP contribution in [0, 0.1) is 0 Å². The fourth-order valence-electron chi connectivity index (χ4n) is 2.30. The number of carbonyl (C=O) groups excluding carboxylic acids is 2. The number of benzene rings is 1. The molecule has 0 aliphatic rings. The summed E-state index contributed by atoms with van der Waals surface area (Å²) in [6.07, 6.45) is 3.87. The number of para-hydroxylation sites is 1. The molecule has 2 rings (SSSR count). The molecule has 0 atom stereocenters. The zero-order valence-electron chi connectivity index (χ0n) is 13.9. The van der Waals surface area contributed by atoms with Crippen molar-refractivity contribution < 1.29 is 18.7 Å². The molecule has 2 N–H and O–H groups in total. The summed E-state index contributed by atoms with van der Waals surface area (Å²) in [5, 5.41) is 6.15. The summed E-state index contributed by atoms with van der Waals surface area (Å²) < 4.78 is 10.6. The zero-order valence-corrected chi connectivity index (χ0v) is 13.9. The Morgan fingerprint density at radius 3 is 2.79 bits per heavy atom. The van der Waals surface area contributed by atoms with Gasteiger partial charge in [-0.2, -0.15) is 0 Å². The van der Waals surface area contributed by atoms with E-state index in [1.807, 2.05) is 31.2 Å². The Morgan fingerprint density at radius 1 is 1.25 bits per heavy atom. The SMILES string of the molecule is CCc1oc2ccccc2c1/C=C/C(=O)NCC(=O)NCCOC. The van der Waals surface area contributed by atoms with Gasteiger partial charge in [0, 0.05) is 37.1 Å². The first kappa shape index (κ1) is 17.7. The fourth-order valence-corrected chi connectivity index (χ4v) is 2.30. The van der Waals surface area contributed by atoms with Crippen LogP contribution in [0.1, 0.15) is 18.2 Å². The zero-order chi connectivity index (χ0) is 17.4. The highest BCUT2D eigenvalue weighted by atomic mass is 16.5. The molecule has 6 heteroatoms. The molecule has 0 radical (unpaired) electrons. The first-order chi connectivity index (χ1) is 11.7. The molecule has 1 heterocycles. The maximum Gasteiger partial charge on any atom is 0.244 e. The second-order valence-corrected chi connectivity index (χ2v) is 5.18. The van der Waals surface area contributed by atoms with Gasteiger partial charge >= 0.3 is 0 Å². The van der Waals surface area contributed by atoms with Crippen molar-refractivity contribution in [3.63, 3.8) is 0 Å². The first-order valence-electron chi connectivity index (χ1n) is 7.87. The van der Waals surface area contributed by atoms with Crippen molar-refractivity contribution in [3.05, 3.63) is 41.7 Å². The molecule has 0 bridgehead atoms. The van der Waals surface area contributed by atoms with Crippen LogP contribution in [0.3, 0.4) is 0 Å². The quantitative estimate of drug-likeness (QED) is 0.572. The highest BCUT2D eigenvalue weighted by Crippen LogP contribution is 2.27. The minimum Gasteiger partial charge on any atom is -0.460 e. The van der Waals surface area contributed by atoms with E-state index in [1.54, 1.807) is 13.2 Å². The van der Waals surface area contributed by atoms with Crippen LogP contribution in [0.5, 0.6) is 0 Å². The van der Waals surface area contributed by atoms with Crippen LogP contribution in [0.4, 0.5) is 0 Å². The van der Waals surface area contributed by atoms with Crippen LogP contribution < -0.4 is 10.6 Å². The number of rotatable bonds is 8. The van der Waals surface area contributed by atoms with Crippen molar-refractivity contribution >= 4 is 28.9 Å². The summed E-state index contributed by atoms with van der Waals surface area (Å²) in [4.78, 5) is 23.4. The molecule has 0 fully saturated rings. The maximum atomic E-state index is 11.9. The largest absolute Gasteiger partial charge is 0.460 e. The van der Waals surface area contributed by atoms with E-state index in [0.29, 0.717) is 13.2 Å². The van der Waals surface area contributed by atoms with Crippen molar-refractivity contribution in [3.8, 4) is 0 Å². The minimum absolute atomic E-state index is 0.0698. The highest BCUT2D eigenvalue weighted by Gasteiger charge is 2.10. The van der Waals surface area contributed by atoms with E-state index in [1.165, 1.54) is 6.08 Å². The summed E-state index contributed by atoms with van der Waals surface area (Å²) in [5.41, 5.74) is 1.69. The highest BCUT2D eigenvalue weighted by molar-refractivity contribution is 5.97. The molecule has 1 aromatic heterocycles. The Hall–Kier alpha value is -2.60. The normalized spacial score (nSPS) is 11.1. The van der Waals surface area contributed by atoms with Gasteiger partial charge in [0.2, 0.25) is 11.8 Å². The second-order valence-electron chi connectivity index (χ2n) is 5.18. The lowest BCUT2D eigenvalue weighted by Crippen LogP contribution is -2.37. The second kappa shape index (κ2) is 8.88. The number of hydrogen-bond donors (Lipinski definition) is 2. The Kier molecular flexibility index (Phi) is 6.57. The predicted octanol–water partition coefficient (Wildman–Crippen LogP) is 1.89. The van der Waals surface area contributed by atoms with Gasteiger partial charge < -0.3 is 19.8 Å². The summed E-state index contributed by atoms with van der Waals surface area (Å²) in [7, 11) is 1.56. The van der Waals surface area contributed by atoms with Gasteiger partial charge in [-0.1, -0.05) is 25.1 Å².